The van der Waals surface area contributed by atoms with Crippen molar-refractivity contribution in [2.24, 2.45) is 0 Å². The molecule has 3 aromatic rings. The number of halogens is 3. The Bertz CT molecular complexity index is 951. The zero-order chi connectivity index (χ0) is 20.3. The Morgan fingerprint density at radius 2 is 1.72 bits per heavy atom. The summed E-state index contributed by atoms with van der Waals surface area (Å²) in [6.07, 6.45) is -4.32. The van der Waals surface area contributed by atoms with E-state index in [1.54, 1.807) is 0 Å². The standard InChI is InChI=1S/C23H23F3N2O/c24-23(25,26)19-8-10-20(11-9-19)28-12-13-29-21(16-28)15-27-14-18-6-3-5-17-4-1-2-7-22(17)18/h1-11,21,27H,12-16H2. The van der Waals surface area contributed by atoms with Gasteiger partial charge in [-0.2, -0.15) is 13.2 Å². The van der Waals surface area contributed by atoms with Gasteiger partial charge in [0, 0.05) is 31.9 Å². The number of ether oxygens (including phenoxy) is 1. The quantitative estimate of drug-likeness (QED) is 0.662. The van der Waals surface area contributed by atoms with Crippen LogP contribution in [0.4, 0.5) is 18.9 Å². The van der Waals surface area contributed by atoms with E-state index in [-0.39, 0.29) is 6.10 Å². The fraction of sp³-hybridized carbons (Fsp3) is 0.304. The van der Waals surface area contributed by atoms with E-state index in [1.807, 2.05) is 12.1 Å². The predicted molar refractivity (Wildman–Crippen MR) is 109 cm³/mol. The van der Waals surface area contributed by atoms with Crippen molar-refractivity contribution in [3.05, 3.63) is 77.9 Å². The molecule has 1 fully saturated rings. The van der Waals surface area contributed by atoms with E-state index in [1.165, 1.54) is 28.5 Å². The normalized spacial score (nSPS) is 17.6. The van der Waals surface area contributed by atoms with Crippen LogP contribution in [0.1, 0.15) is 11.1 Å². The number of morpholine rings is 1. The minimum Gasteiger partial charge on any atom is -0.373 e. The Labute approximate surface area is 168 Å². The fourth-order valence-corrected chi connectivity index (χ4v) is 3.75. The lowest BCUT2D eigenvalue weighted by Gasteiger charge is -2.34. The molecule has 1 heterocycles. The van der Waals surface area contributed by atoms with Crippen LogP contribution in [0.3, 0.4) is 0 Å². The maximum atomic E-state index is 12.8. The second-order valence-electron chi connectivity index (χ2n) is 7.25. The van der Waals surface area contributed by atoms with Crippen molar-refractivity contribution in [3.8, 4) is 0 Å². The highest BCUT2D eigenvalue weighted by Gasteiger charge is 2.30. The predicted octanol–water partition coefficient (Wildman–Crippen LogP) is 4.85. The molecule has 1 N–H and O–H groups in total. The summed E-state index contributed by atoms with van der Waals surface area (Å²) in [5.74, 6) is 0. The molecule has 4 rings (SSSR count). The summed E-state index contributed by atoms with van der Waals surface area (Å²) >= 11 is 0. The summed E-state index contributed by atoms with van der Waals surface area (Å²) < 4.78 is 44.1. The molecule has 29 heavy (non-hydrogen) atoms. The van der Waals surface area contributed by atoms with Gasteiger partial charge < -0.3 is 15.0 Å². The van der Waals surface area contributed by atoms with Crippen LogP contribution in [-0.2, 0) is 17.5 Å². The van der Waals surface area contributed by atoms with Crippen molar-refractivity contribution >= 4 is 16.5 Å². The maximum absolute atomic E-state index is 12.8. The molecule has 0 bridgehead atoms. The van der Waals surface area contributed by atoms with E-state index in [0.717, 1.165) is 24.4 Å². The first-order chi connectivity index (χ1) is 14.0. The van der Waals surface area contributed by atoms with E-state index in [2.05, 4.69) is 40.5 Å². The average molecular weight is 400 g/mol. The summed E-state index contributed by atoms with van der Waals surface area (Å²) in [6.45, 7) is 3.29. The lowest BCUT2D eigenvalue weighted by Crippen LogP contribution is -2.46. The van der Waals surface area contributed by atoms with Crippen molar-refractivity contribution in [3.63, 3.8) is 0 Å². The molecule has 152 valence electrons. The van der Waals surface area contributed by atoms with Gasteiger partial charge in [-0.15, -0.1) is 0 Å². The highest BCUT2D eigenvalue weighted by molar-refractivity contribution is 5.85. The van der Waals surface area contributed by atoms with Crippen LogP contribution in [-0.4, -0.2) is 32.3 Å². The van der Waals surface area contributed by atoms with Gasteiger partial charge in [-0.1, -0.05) is 42.5 Å². The van der Waals surface area contributed by atoms with E-state index in [9.17, 15) is 13.2 Å². The van der Waals surface area contributed by atoms with Gasteiger partial charge in [-0.25, -0.2) is 0 Å². The van der Waals surface area contributed by atoms with Gasteiger partial charge in [-0.05, 0) is 40.6 Å². The minimum absolute atomic E-state index is 0.0129. The van der Waals surface area contributed by atoms with E-state index in [4.69, 9.17) is 4.74 Å². The third-order valence-electron chi connectivity index (χ3n) is 5.27. The first-order valence-corrected chi connectivity index (χ1v) is 9.72. The van der Waals surface area contributed by atoms with Gasteiger partial charge >= 0.3 is 6.18 Å². The Morgan fingerprint density at radius 1 is 0.966 bits per heavy atom. The lowest BCUT2D eigenvalue weighted by atomic mass is 10.0. The first kappa shape index (κ1) is 19.7. The van der Waals surface area contributed by atoms with Crippen LogP contribution in [0.25, 0.3) is 10.8 Å². The highest BCUT2D eigenvalue weighted by atomic mass is 19.4. The first-order valence-electron chi connectivity index (χ1n) is 9.72. The molecule has 0 saturated carbocycles. The number of rotatable bonds is 5. The zero-order valence-electron chi connectivity index (χ0n) is 16.0. The largest absolute Gasteiger partial charge is 0.416 e. The zero-order valence-corrected chi connectivity index (χ0v) is 16.0. The molecule has 3 aromatic carbocycles. The Kier molecular flexibility index (Phi) is 5.74. The lowest BCUT2D eigenvalue weighted by molar-refractivity contribution is -0.137. The summed E-state index contributed by atoms with van der Waals surface area (Å²) in [7, 11) is 0. The number of alkyl halides is 3. The van der Waals surface area contributed by atoms with Crippen LogP contribution >= 0.6 is 0 Å². The van der Waals surface area contributed by atoms with Gasteiger partial charge in [-0.3, -0.25) is 0 Å². The number of hydrogen-bond acceptors (Lipinski definition) is 3. The van der Waals surface area contributed by atoms with Crippen LogP contribution in [0.15, 0.2) is 66.7 Å². The van der Waals surface area contributed by atoms with E-state index in [0.29, 0.717) is 26.2 Å². The fourth-order valence-electron chi connectivity index (χ4n) is 3.75. The Hall–Kier alpha value is -2.57. The molecular formula is C23H23F3N2O. The molecule has 1 atom stereocenters. The molecule has 0 radical (unpaired) electrons. The summed E-state index contributed by atoms with van der Waals surface area (Å²) in [5, 5.41) is 5.92. The molecule has 0 amide bonds. The third kappa shape index (κ3) is 4.71. The van der Waals surface area contributed by atoms with Gasteiger partial charge in [0.15, 0.2) is 0 Å². The smallest absolute Gasteiger partial charge is 0.373 e. The monoisotopic (exact) mass is 400 g/mol. The number of nitrogens with one attached hydrogen (secondary N) is 1. The summed E-state index contributed by atoms with van der Waals surface area (Å²) in [6, 6.07) is 19.9. The van der Waals surface area contributed by atoms with Crippen molar-refractivity contribution < 1.29 is 17.9 Å². The van der Waals surface area contributed by atoms with E-state index >= 15 is 0 Å². The molecule has 1 unspecified atom stereocenters. The number of nitrogens with zero attached hydrogens (tertiary/aromatic N) is 1. The van der Waals surface area contributed by atoms with Crippen LogP contribution < -0.4 is 10.2 Å². The van der Waals surface area contributed by atoms with Crippen LogP contribution in [0.2, 0.25) is 0 Å². The van der Waals surface area contributed by atoms with E-state index < -0.39 is 11.7 Å². The SMILES string of the molecule is FC(F)(F)c1ccc(N2CCOC(CNCc3cccc4ccccc34)C2)cc1. The molecule has 6 heteroatoms. The van der Waals surface area contributed by atoms with Crippen molar-refractivity contribution in [1.29, 1.82) is 0 Å². The van der Waals surface area contributed by atoms with Gasteiger partial charge in [0.05, 0.1) is 18.3 Å². The van der Waals surface area contributed by atoms with Crippen molar-refractivity contribution in [1.82, 2.24) is 5.32 Å². The number of benzene rings is 3. The van der Waals surface area contributed by atoms with Crippen molar-refractivity contribution in [2.45, 2.75) is 18.8 Å². The van der Waals surface area contributed by atoms with Crippen molar-refractivity contribution in [2.75, 3.05) is 31.1 Å². The van der Waals surface area contributed by atoms with Gasteiger partial charge in [0.25, 0.3) is 0 Å². The van der Waals surface area contributed by atoms with Gasteiger partial charge in [0.2, 0.25) is 0 Å². The third-order valence-corrected chi connectivity index (χ3v) is 5.27. The topological polar surface area (TPSA) is 24.5 Å². The molecule has 0 aliphatic carbocycles. The summed E-state index contributed by atoms with van der Waals surface area (Å²) in [4.78, 5) is 2.08. The molecular weight excluding hydrogens is 377 g/mol. The number of hydrogen-bond donors (Lipinski definition) is 1. The minimum atomic E-state index is -4.31. The molecule has 1 aliphatic heterocycles. The number of anilines is 1. The second-order valence-corrected chi connectivity index (χ2v) is 7.25. The second kappa shape index (κ2) is 8.43. The Morgan fingerprint density at radius 3 is 2.52 bits per heavy atom. The summed E-state index contributed by atoms with van der Waals surface area (Å²) in [5.41, 5.74) is 1.40. The molecule has 0 aromatic heterocycles. The maximum Gasteiger partial charge on any atom is 0.416 e. The van der Waals surface area contributed by atoms with Crippen LogP contribution in [0, 0.1) is 0 Å². The Balaban J connectivity index is 1.34. The number of fused-ring (bicyclic) bond motifs is 1. The molecule has 1 aliphatic rings. The molecule has 1 saturated heterocycles. The van der Waals surface area contributed by atoms with Gasteiger partial charge in [0.1, 0.15) is 0 Å². The average Bonchev–Trinajstić information content (AvgIpc) is 2.74. The molecule has 3 nitrogen and oxygen atoms in total. The highest BCUT2D eigenvalue weighted by Crippen LogP contribution is 2.30. The molecule has 0 spiro atoms. The van der Waals surface area contributed by atoms with Crippen LogP contribution in [0.5, 0.6) is 0 Å².